The number of hydrogen-bond acceptors (Lipinski definition) is 5. The van der Waals surface area contributed by atoms with Crippen LogP contribution in [0.25, 0.3) is 0 Å². The van der Waals surface area contributed by atoms with Crippen molar-refractivity contribution in [1.29, 1.82) is 0 Å². The smallest absolute Gasteiger partial charge is 0.312 e. The number of hydrogen-bond donors (Lipinski definition) is 2. The van der Waals surface area contributed by atoms with E-state index in [4.69, 9.17) is 5.11 Å². The molecule has 1 atom stereocenters. The summed E-state index contributed by atoms with van der Waals surface area (Å²) >= 11 is 0. The highest BCUT2D eigenvalue weighted by Gasteiger charge is 2.22. The number of aliphatic carboxylic acids is 1. The van der Waals surface area contributed by atoms with Crippen LogP contribution in [0.2, 0.25) is 0 Å². The van der Waals surface area contributed by atoms with E-state index in [1.54, 1.807) is 45.0 Å². The van der Waals surface area contributed by atoms with Crippen LogP contribution in [0.1, 0.15) is 36.2 Å². The molecule has 0 fully saturated rings. The van der Waals surface area contributed by atoms with Gasteiger partial charge in [0, 0.05) is 12.1 Å². The Hall–Kier alpha value is -3.23. The molecule has 1 unspecified atom stereocenters. The van der Waals surface area contributed by atoms with Crippen LogP contribution in [0.3, 0.4) is 0 Å². The minimum Gasteiger partial charge on any atom is -0.481 e. The lowest BCUT2D eigenvalue weighted by molar-refractivity contribution is -0.386. The summed E-state index contributed by atoms with van der Waals surface area (Å²) in [7, 11) is 0. The predicted molar refractivity (Wildman–Crippen MR) is 94.1 cm³/mol. The van der Waals surface area contributed by atoms with Gasteiger partial charge in [-0.1, -0.05) is 12.1 Å². The molecule has 2 rings (SSSR count). The van der Waals surface area contributed by atoms with Gasteiger partial charge in [0.05, 0.1) is 17.4 Å². The van der Waals surface area contributed by atoms with E-state index in [-0.39, 0.29) is 24.6 Å². The number of carboxylic acid groups (broad SMARTS) is 1. The minimum absolute atomic E-state index is 0.0410. The first-order chi connectivity index (χ1) is 12.2. The second-order valence-electron chi connectivity index (χ2n) is 5.98. The van der Waals surface area contributed by atoms with Crippen molar-refractivity contribution in [3.8, 4) is 0 Å². The monoisotopic (exact) mass is 360 g/mol. The maximum Gasteiger partial charge on any atom is 0.312 e. The molecule has 1 aromatic carbocycles. The summed E-state index contributed by atoms with van der Waals surface area (Å²) < 4.78 is 1.44. The number of carbonyl (C=O) groups excluding carboxylic acids is 1. The predicted octanol–water partition coefficient (Wildman–Crippen LogP) is 2.63. The summed E-state index contributed by atoms with van der Waals surface area (Å²) in [5.74, 6) is -1.91. The Morgan fingerprint density at radius 3 is 2.65 bits per heavy atom. The molecule has 2 N–H and O–H groups in total. The summed E-state index contributed by atoms with van der Waals surface area (Å²) in [6, 6.07) is 6.65. The number of nitrogens with one attached hydrogen (secondary N) is 1. The van der Waals surface area contributed by atoms with Crippen molar-refractivity contribution >= 4 is 23.3 Å². The number of carbonyl (C=O) groups is 2. The molecule has 0 aliphatic rings. The van der Waals surface area contributed by atoms with Crippen molar-refractivity contribution < 1.29 is 19.6 Å². The van der Waals surface area contributed by atoms with Crippen molar-refractivity contribution in [3.63, 3.8) is 0 Å². The van der Waals surface area contributed by atoms with E-state index in [2.05, 4.69) is 10.4 Å². The SMILES string of the molecule is Cc1nn(CCC(=O)Nc2cccc(C(C)C(=O)O)c2)c(C)c1[N+](=O)[O-]. The van der Waals surface area contributed by atoms with Crippen LogP contribution < -0.4 is 5.32 Å². The zero-order valence-electron chi connectivity index (χ0n) is 14.7. The Morgan fingerprint density at radius 2 is 2.08 bits per heavy atom. The van der Waals surface area contributed by atoms with Crippen LogP contribution >= 0.6 is 0 Å². The molecule has 9 nitrogen and oxygen atoms in total. The van der Waals surface area contributed by atoms with E-state index < -0.39 is 16.8 Å². The summed E-state index contributed by atoms with van der Waals surface area (Å²) in [6.07, 6.45) is 0.0812. The highest BCUT2D eigenvalue weighted by Crippen LogP contribution is 2.22. The van der Waals surface area contributed by atoms with Crippen LogP contribution in [-0.2, 0) is 16.1 Å². The molecule has 138 valence electrons. The fourth-order valence-electron chi connectivity index (χ4n) is 2.63. The van der Waals surface area contributed by atoms with Crippen LogP contribution in [0.5, 0.6) is 0 Å². The quantitative estimate of drug-likeness (QED) is 0.577. The molecule has 26 heavy (non-hydrogen) atoms. The van der Waals surface area contributed by atoms with Gasteiger partial charge in [0.25, 0.3) is 0 Å². The van der Waals surface area contributed by atoms with Crippen LogP contribution in [0.15, 0.2) is 24.3 Å². The molecule has 0 aliphatic carbocycles. The second-order valence-corrected chi connectivity index (χ2v) is 5.98. The fourth-order valence-corrected chi connectivity index (χ4v) is 2.63. The topological polar surface area (TPSA) is 127 Å². The lowest BCUT2D eigenvalue weighted by atomic mass is 10.0. The standard InChI is InChI=1S/C17H20N4O5/c1-10(17(23)24)13-5-4-6-14(9-13)18-15(22)7-8-20-12(3)16(21(25)26)11(2)19-20/h4-6,9-10H,7-8H2,1-3H3,(H,18,22)(H,23,24). The van der Waals surface area contributed by atoms with Crippen molar-refractivity contribution in [2.75, 3.05) is 5.32 Å². The number of nitro groups is 1. The summed E-state index contributed by atoms with van der Waals surface area (Å²) in [4.78, 5) is 33.7. The van der Waals surface area contributed by atoms with E-state index in [0.29, 0.717) is 22.6 Å². The van der Waals surface area contributed by atoms with E-state index >= 15 is 0 Å². The minimum atomic E-state index is -0.945. The number of rotatable bonds is 7. The van der Waals surface area contributed by atoms with Gasteiger partial charge < -0.3 is 10.4 Å². The van der Waals surface area contributed by atoms with Crippen molar-refractivity contribution in [2.45, 2.75) is 39.7 Å². The van der Waals surface area contributed by atoms with Crippen LogP contribution in [0.4, 0.5) is 11.4 Å². The maximum atomic E-state index is 12.1. The molecule has 1 heterocycles. The number of aromatic nitrogens is 2. The lowest BCUT2D eigenvalue weighted by Gasteiger charge is -2.10. The summed E-state index contributed by atoms with van der Waals surface area (Å²) in [5, 5.41) is 26.9. The Balaban J connectivity index is 2.02. The number of anilines is 1. The average molecular weight is 360 g/mol. The van der Waals surface area contributed by atoms with E-state index in [1.165, 1.54) is 4.68 Å². The third-order valence-electron chi connectivity index (χ3n) is 4.12. The third kappa shape index (κ3) is 4.24. The normalized spacial score (nSPS) is 11.8. The Morgan fingerprint density at radius 1 is 1.38 bits per heavy atom. The molecular formula is C17H20N4O5. The third-order valence-corrected chi connectivity index (χ3v) is 4.12. The zero-order chi connectivity index (χ0) is 19.4. The zero-order valence-corrected chi connectivity index (χ0v) is 14.7. The van der Waals surface area contributed by atoms with Gasteiger partial charge in [-0.3, -0.25) is 24.4 Å². The van der Waals surface area contributed by atoms with Gasteiger partial charge in [0.2, 0.25) is 5.91 Å². The second kappa shape index (κ2) is 7.77. The molecule has 1 amide bonds. The van der Waals surface area contributed by atoms with Gasteiger partial charge in [-0.25, -0.2) is 0 Å². The van der Waals surface area contributed by atoms with Gasteiger partial charge in [0.1, 0.15) is 11.4 Å². The first-order valence-corrected chi connectivity index (χ1v) is 8.01. The van der Waals surface area contributed by atoms with Crippen molar-refractivity contribution in [1.82, 2.24) is 9.78 Å². The summed E-state index contributed by atoms with van der Waals surface area (Å²) in [5.41, 5.74) is 1.76. The largest absolute Gasteiger partial charge is 0.481 e. The first kappa shape index (κ1) is 19.1. The number of carboxylic acids is 1. The summed E-state index contributed by atoms with van der Waals surface area (Å²) in [6.45, 7) is 4.92. The Kier molecular flexibility index (Phi) is 5.71. The molecule has 9 heteroatoms. The number of benzene rings is 1. The lowest BCUT2D eigenvalue weighted by Crippen LogP contribution is -2.16. The van der Waals surface area contributed by atoms with Crippen molar-refractivity contribution in [3.05, 3.63) is 51.3 Å². The van der Waals surface area contributed by atoms with E-state index in [1.807, 2.05) is 0 Å². The molecule has 0 spiro atoms. The molecule has 0 saturated heterocycles. The molecule has 0 radical (unpaired) electrons. The van der Waals surface area contributed by atoms with Crippen LogP contribution in [0, 0.1) is 24.0 Å². The fraction of sp³-hybridized carbons (Fsp3) is 0.353. The van der Waals surface area contributed by atoms with Crippen molar-refractivity contribution in [2.24, 2.45) is 0 Å². The first-order valence-electron chi connectivity index (χ1n) is 8.01. The highest BCUT2D eigenvalue weighted by atomic mass is 16.6. The van der Waals surface area contributed by atoms with Gasteiger partial charge in [-0.15, -0.1) is 0 Å². The molecule has 0 saturated carbocycles. The number of amides is 1. The van der Waals surface area contributed by atoms with E-state index in [0.717, 1.165) is 0 Å². The molecule has 0 bridgehead atoms. The number of aryl methyl sites for hydroxylation is 2. The van der Waals surface area contributed by atoms with Gasteiger partial charge in [-0.2, -0.15) is 5.10 Å². The Bertz CT molecular complexity index is 859. The Labute approximate surface area is 149 Å². The maximum absolute atomic E-state index is 12.1. The van der Waals surface area contributed by atoms with Gasteiger partial charge >= 0.3 is 11.7 Å². The average Bonchev–Trinajstić information content (AvgIpc) is 2.86. The molecule has 2 aromatic rings. The highest BCUT2D eigenvalue weighted by molar-refractivity contribution is 5.91. The molecule has 1 aromatic heterocycles. The van der Waals surface area contributed by atoms with Crippen LogP contribution in [-0.4, -0.2) is 31.7 Å². The molecular weight excluding hydrogens is 340 g/mol. The number of nitrogens with zero attached hydrogens (tertiary/aromatic N) is 3. The van der Waals surface area contributed by atoms with E-state index in [9.17, 15) is 19.7 Å². The van der Waals surface area contributed by atoms with Gasteiger partial charge in [-0.05, 0) is 38.5 Å². The molecule has 0 aliphatic heterocycles. The van der Waals surface area contributed by atoms with Gasteiger partial charge in [0.15, 0.2) is 0 Å².